The van der Waals surface area contributed by atoms with Crippen molar-refractivity contribution in [3.8, 4) is 11.5 Å². The van der Waals surface area contributed by atoms with E-state index >= 15 is 0 Å². The topological polar surface area (TPSA) is 194 Å². The molecule has 204 valence electrons. The molecule has 0 spiro atoms. The molecule has 3 aliphatic rings. The van der Waals surface area contributed by atoms with E-state index in [2.05, 4.69) is 0 Å². The number of halogens is 1. The van der Waals surface area contributed by atoms with Gasteiger partial charge in [-0.2, -0.15) is 0 Å². The van der Waals surface area contributed by atoms with Gasteiger partial charge >= 0.3 is 0 Å². The summed E-state index contributed by atoms with van der Waals surface area (Å²) >= 11 is 1.83. The number of phenols is 2. The molecule has 11 nitrogen and oxygen atoms in total. The number of carbonyl (C=O) groups excluding carboxylic acids is 2. The maximum Gasteiger partial charge on any atom is 0.198 e. The highest BCUT2D eigenvalue weighted by Crippen LogP contribution is 2.52. The third-order valence-corrected chi connectivity index (χ3v) is 8.99. The summed E-state index contributed by atoms with van der Waals surface area (Å²) in [4.78, 5) is 26.7. The highest BCUT2D eigenvalue weighted by Gasteiger charge is 2.51. The Morgan fingerprint density at radius 2 is 1.66 bits per heavy atom. The average molecular weight is 642 g/mol. The predicted molar refractivity (Wildman–Crippen MR) is 137 cm³/mol. The lowest BCUT2D eigenvalue weighted by Gasteiger charge is -2.45. The number of ether oxygens (including phenoxy) is 2. The Kier molecular flexibility index (Phi) is 7.05. The van der Waals surface area contributed by atoms with Gasteiger partial charge in [0.15, 0.2) is 17.9 Å². The second-order valence-corrected chi connectivity index (χ2v) is 11.4. The summed E-state index contributed by atoms with van der Waals surface area (Å²) in [7, 11) is 0. The number of hydrogen-bond donors (Lipinski definition) is 7. The van der Waals surface area contributed by atoms with E-state index in [1.807, 2.05) is 22.6 Å². The zero-order chi connectivity index (χ0) is 27.7. The quantitative estimate of drug-likeness (QED) is 0.117. The second-order valence-electron chi connectivity index (χ2n) is 9.99. The Hall–Kier alpha value is -2.17. The van der Waals surface area contributed by atoms with Crippen LogP contribution in [0, 0.1) is 0 Å². The maximum atomic E-state index is 13.4. The van der Waals surface area contributed by atoms with E-state index in [4.69, 9.17) is 9.47 Å². The third kappa shape index (κ3) is 4.05. The van der Waals surface area contributed by atoms with E-state index in [9.17, 15) is 45.3 Å². The number of carbonyl (C=O) groups is 2. The lowest BCUT2D eigenvalue weighted by molar-refractivity contribution is -0.262. The lowest BCUT2D eigenvalue weighted by atomic mass is 9.71. The van der Waals surface area contributed by atoms with Crippen molar-refractivity contribution >= 4 is 34.2 Å². The van der Waals surface area contributed by atoms with Crippen LogP contribution in [0.1, 0.15) is 62.4 Å². The van der Waals surface area contributed by atoms with Crippen LogP contribution in [0.4, 0.5) is 0 Å². The van der Waals surface area contributed by atoms with Crippen LogP contribution in [0.15, 0.2) is 24.3 Å². The van der Waals surface area contributed by atoms with Gasteiger partial charge in [0.25, 0.3) is 0 Å². The fourth-order valence-electron chi connectivity index (χ4n) is 5.51. The van der Waals surface area contributed by atoms with Gasteiger partial charge in [0.2, 0.25) is 0 Å². The Morgan fingerprint density at radius 1 is 1.08 bits per heavy atom. The number of phenolic OH excluding ortho intramolecular Hbond substituents is 2. The minimum absolute atomic E-state index is 0.0406. The molecule has 12 heteroatoms. The van der Waals surface area contributed by atoms with Crippen molar-refractivity contribution in [3.63, 3.8) is 0 Å². The molecule has 0 saturated carbocycles. The molecule has 0 amide bonds. The van der Waals surface area contributed by atoms with Gasteiger partial charge in [-0.05, 0) is 6.92 Å². The van der Waals surface area contributed by atoms with Gasteiger partial charge < -0.3 is 45.2 Å². The molecule has 5 rings (SSSR count). The first-order chi connectivity index (χ1) is 17.9. The van der Waals surface area contributed by atoms with Crippen molar-refractivity contribution < 1.29 is 54.8 Å². The van der Waals surface area contributed by atoms with Crippen molar-refractivity contribution in [2.75, 3.05) is 6.61 Å². The lowest BCUT2D eigenvalue weighted by Crippen LogP contribution is -2.56. The van der Waals surface area contributed by atoms with Crippen LogP contribution in [0.25, 0.3) is 0 Å². The first-order valence-corrected chi connectivity index (χ1v) is 13.3. The van der Waals surface area contributed by atoms with Gasteiger partial charge in [0.05, 0.1) is 45.6 Å². The monoisotopic (exact) mass is 642 g/mol. The minimum Gasteiger partial charge on any atom is -0.507 e. The number of fused-ring (bicyclic) bond motifs is 3. The Morgan fingerprint density at radius 3 is 2.24 bits per heavy atom. The molecule has 1 fully saturated rings. The molecule has 2 aromatic carbocycles. The van der Waals surface area contributed by atoms with Crippen LogP contribution in [0.5, 0.6) is 11.5 Å². The number of aliphatic hydroxyl groups is 5. The van der Waals surface area contributed by atoms with E-state index in [1.54, 1.807) is 12.1 Å². The highest BCUT2D eigenvalue weighted by molar-refractivity contribution is 14.1. The van der Waals surface area contributed by atoms with Gasteiger partial charge in [-0.25, -0.2) is 0 Å². The maximum absolute atomic E-state index is 13.4. The van der Waals surface area contributed by atoms with Crippen LogP contribution in [0.3, 0.4) is 0 Å². The second kappa shape index (κ2) is 9.78. The average Bonchev–Trinajstić information content (AvgIpc) is 2.90. The number of aromatic hydroxyl groups is 2. The fourth-order valence-corrected chi connectivity index (χ4v) is 6.28. The predicted octanol–water partition coefficient (Wildman–Crippen LogP) is 0.232. The van der Waals surface area contributed by atoms with Gasteiger partial charge in [0.1, 0.15) is 23.7 Å². The van der Waals surface area contributed by atoms with Gasteiger partial charge in [-0.1, -0.05) is 46.9 Å². The molecule has 1 unspecified atom stereocenters. The molecule has 0 radical (unpaired) electrons. The Balaban J connectivity index is 1.67. The SMILES string of the molecule is C[C@@H]1O[C@@H](O[C@H]2CC(O)([C@@H](O)CO)Cc3c(O)c4c(c(O)c32)C(=O)c2ccccc2C4=O)[C@@H](I)[C@H](O)[C@@H]1O. The van der Waals surface area contributed by atoms with E-state index < -0.39 is 100.0 Å². The molecule has 2 aliphatic carbocycles. The van der Waals surface area contributed by atoms with Crippen LogP contribution >= 0.6 is 22.6 Å². The van der Waals surface area contributed by atoms with Gasteiger partial charge in [0, 0.05) is 35.1 Å². The molecular formula is C26H27IO11. The molecular weight excluding hydrogens is 615 g/mol. The normalized spacial score (nSPS) is 33.3. The zero-order valence-electron chi connectivity index (χ0n) is 20.1. The van der Waals surface area contributed by atoms with Crippen LogP contribution < -0.4 is 0 Å². The minimum atomic E-state index is -2.07. The highest BCUT2D eigenvalue weighted by atomic mass is 127. The molecule has 2 aromatic rings. The zero-order valence-corrected chi connectivity index (χ0v) is 22.3. The number of ketones is 2. The molecule has 8 atom stereocenters. The van der Waals surface area contributed by atoms with Crippen LogP contribution in [-0.2, 0) is 15.9 Å². The molecule has 0 bridgehead atoms. The number of alkyl halides is 1. The van der Waals surface area contributed by atoms with Crippen molar-refractivity contribution in [1.29, 1.82) is 0 Å². The summed E-state index contributed by atoms with van der Waals surface area (Å²) < 4.78 is 11.0. The molecule has 1 heterocycles. The molecule has 1 aliphatic heterocycles. The molecule has 0 aromatic heterocycles. The molecule has 38 heavy (non-hydrogen) atoms. The summed E-state index contributed by atoms with van der Waals surface area (Å²) in [6.07, 6.45) is -8.34. The number of benzene rings is 2. The number of aliphatic hydroxyl groups excluding tert-OH is 4. The van der Waals surface area contributed by atoms with Crippen LogP contribution in [-0.4, -0.2) is 94.2 Å². The number of rotatable bonds is 4. The fraction of sp³-hybridized carbons (Fsp3) is 0.462. The van der Waals surface area contributed by atoms with Gasteiger partial charge in [-0.15, -0.1) is 0 Å². The van der Waals surface area contributed by atoms with Crippen LogP contribution in [0.2, 0.25) is 0 Å². The summed E-state index contributed by atoms with van der Waals surface area (Å²) in [5.41, 5.74) is -3.04. The van der Waals surface area contributed by atoms with E-state index in [0.717, 1.165) is 0 Å². The third-order valence-electron chi connectivity index (χ3n) is 7.66. The van der Waals surface area contributed by atoms with Crippen molar-refractivity contribution in [2.45, 2.75) is 66.1 Å². The molecule has 7 N–H and O–H groups in total. The largest absolute Gasteiger partial charge is 0.507 e. The van der Waals surface area contributed by atoms with Crippen molar-refractivity contribution in [2.24, 2.45) is 0 Å². The smallest absolute Gasteiger partial charge is 0.198 e. The standard InChI is InChI=1S/C26H27IO11/c1-9-19(30)24(35)18(27)25(37-9)38-13-7-26(36,14(29)8-28)6-12-15(13)23(34)17-16(22(12)33)20(31)10-4-2-3-5-11(10)21(17)32/h2-5,9,13-14,18-19,24-25,28-30,33-36H,6-8H2,1H3/t9-,13-,14-,18-,19+,24-,25-,26?/m0/s1. The van der Waals surface area contributed by atoms with Gasteiger partial charge in [-0.3, -0.25) is 9.59 Å². The van der Waals surface area contributed by atoms with E-state index in [-0.39, 0.29) is 22.3 Å². The summed E-state index contributed by atoms with van der Waals surface area (Å²) in [5, 5.41) is 74.7. The Bertz CT molecular complexity index is 1310. The Labute approximate surface area is 230 Å². The van der Waals surface area contributed by atoms with Crippen molar-refractivity contribution in [1.82, 2.24) is 0 Å². The molecule has 1 saturated heterocycles. The summed E-state index contributed by atoms with van der Waals surface area (Å²) in [6, 6.07) is 5.98. The van der Waals surface area contributed by atoms with E-state index in [0.29, 0.717) is 0 Å². The summed E-state index contributed by atoms with van der Waals surface area (Å²) in [6.45, 7) is 0.687. The first-order valence-electron chi connectivity index (χ1n) is 12.0. The number of hydrogen-bond acceptors (Lipinski definition) is 11. The first kappa shape index (κ1) is 27.4. The van der Waals surface area contributed by atoms with Crippen molar-refractivity contribution in [3.05, 3.63) is 57.6 Å². The summed E-state index contributed by atoms with van der Waals surface area (Å²) in [5.74, 6) is -2.67. The van der Waals surface area contributed by atoms with E-state index in [1.165, 1.54) is 19.1 Å².